The Balaban J connectivity index is 2.00. The summed E-state index contributed by atoms with van der Waals surface area (Å²) in [4.78, 5) is 4.47. The van der Waals surface area contributed by atoms with Crippen LogP contribution in [0.2, 0.25) is 0 Å². The van der Waals surface area contributed by atoms with E-state index in [1.807, 2.05) is 6.20 Å². The summed E-state index contributed by atoms with van der Waals surface area (Å²) in [5.74, 6) is 0.527. The first-order valence-electron chi connectivity index (χ1n) is 7.54. The van der Waals surface area contributed by atoms with Crippen molar-refractivity contribution < 1.29 is 0 Å². The van der Waals surface area contributed by atoms with E-state index in [0.717, 1.165) is 29.6 Å². The lowest BCUT2D eigenvalue weighted by Crippen LogP contribution is -2.28. The fraction of sp³-hybridized carbons (Fsp3) is 0.389. The number of hydrogen-bond donors (Lipinski definition) is 1. The number of aryl methyl sites for hydroxylation is 1. The molecule has 1 aromatic heterocycles. The molecule has 1 unspecified atom stereocenters. The van der Waals surface area contributed by atoms with Gasteiger partial charge < -0.3 is 5.32 Å². The van der Waals surface area contributed by atoms with Crippen molar-refractivity contribution in [3.8, 4) is 0 Å². The largest absolute Gasteiger partial charge is 0.314 e. The summed E-state index contributed by atoms with van der Waals surface area (Å²) in [7, 11) is 0. The molecule has 0 fully saturated rings. The van der Waals surface area contributed by atoms with Gasteiger partial charge in [-0.25, -0.2) is 0 Å². The lowest BCUT2D eigenvalue weighted by Gasteiger charge is -2.19. The van der Waals surface area contributed by atoms with Gasteiger partial charge in [-0.2, -0.15) is 0 Å². The molecule has 0 radical (unpaired) electrons. The van der Waals surface area contributed by atoms with Crippen LogP contribution < -0.4 is 5.32 Å². The first-order valence-corrected chi connectivity index (χ1v) is 8.33. The van der Waals surface area contributed by atoms with Gasteiger partial charge in [-0.05, 0) is 52.4 Å². The number of benzene rings is 1. The Morgan fingerprint density at radius 3 is 2.48 bits per heavy atom. The van der Waals surface area contributed by atoms with Gasteiger partial charge >= 0.3 is 0 Å². The van der Waals surface area contributed by atoms with Gasteiger partial charge in [0.15, 0.2) is 0 Å². The molecule has 0 saturated heterocycles. The molecule has 0 aliphatic carbocycles. The van der Waals surface area contributed by atoms with E-state index in [9.17, 15) is 0 Å². The Kier molecular flexibility index (Phi) is 6.40. The van der Waals surface area contributed by atoms with Crippen LogP contribution in [0, 0.1) is 0 Å². The number of nitrogens with zero attached hydrogens (tertiary/aromatic N) is 1. The SMILES string of the molecule is CC(C)NCC(CCc1ccc(Br)cn1)c1ccccc1. The zero-order chi connectivity index (χ0) is 15.1. The van der Waals surface area contributed by atoms with Crippen LogP contribution in [0.3, 0.4) is 0 Å². The van der Waals surface area contributed by atoms with Crippen LogP contribution in [0.4, 0.5) is 0 Å². The van der Waals surface area contributed by atoms with Gasteiger partial charge in [-0.3, -0.25) is 4.98 Å². The number of rotatable bonds is 7. The summed E-state index contributed by atoms with van der Waals surface area (Å²) in [6.45, 7) is 5.40. The van der Waals surface area contributed by atoms with Crippen molar-refractivity contribution >= 4 is 15.9 Å². The minimum Gasteiger partial charge on any atom is -0.314 e. The molecule has 1 atom stereocenters. The van der Waals surface area contributed by atoms with Crippen LogP contribution in [0.25, 0.3) is 0 Å². The van der Waals surface area contributed by atoms with E-state index in [2.05, 4.69) is 82.5 Å². The minimum atomic E-state index is 0.516. The summed E-state index contributed by atoms with van der Waals surface area (Å²) < 4.78 is 1.03. The van der Waals surface area contributed by atoms with Gasteiger partial charge in [0.25, 0.3) is 0 Å². The smallest absolute Gasteiger partial charge is 0.0413 e. The van der Waals surface area contributed by atoms with E-state index in [1.54, 1.807) is 0 Å². The van der Waals surface area contributed by atoms with Crippen LogP contribution >= 0.6 is 15.9 Å². The molecule has 21 heavy (non-hydrogen) atoms. The second kappa shape index (κ2) is 8.30. The Morgan fingerprint density at radius 1 is 1.10 bits per heavy atom. The maximum atomic E-state index is 4.47. The van der Waals surface area contributed by atoms with Gasteiger partial charge in [0, 0.05) is 29.0 Å². The molecule has 2 nitrogen and oxygen atoms in total. The molecule has 0 saturated carbocycles. The van der Waals surface area contributed by atoms with Crippen molar-refractivity contribution in [2.45, 2.75) is 38.6 Å². The third-order valence-electron chi connectivity index (χ3n) is 3.58. The van der Waals surface area contributed by atoms with Crippen LogP contribution in [-0.4, -0.2) is 17.6 Å². The van der Waals surface area contributed by atoms with Crippen molar-refractivity contribution in [2.75, 3.05) is 6.54 Å². The monoisotopic (exact) mass is 346 g/mol. The number of hydrogen-bond acceptors (Lipinski definition) is 2. The number of pyridine rings is 1. The normalized spacial score (nSPS) is 12.6. The first-order chi connectivity index (χ1) is 10.1. The molecular weight excluding hydrogens is 324 g/mol. The zero-order valence-corrected chi connectivity index (χ0v) is 14.3. The van der Waals surface area contributed by atoms with Gasteiger partial charge in [-0.1, -0.05) is 44.2 Å². The maximum Gasteiger partial charge on any atom is 0.0413 e. The molecule has 2 aromatic rings. The van der Waals surface area contributed by atoms with Gasteiger partial charge in [-0.15, -0.1) is 0 Å². The number of aromatic nitrogens is 1. The fourth-order valence-electron chi connectivity index (χ4n) is 2.37. The molecular formula is C18H23BrN2. The third kappa shape index (κ3) is 5.60. The molecule has 2 rings (SSSR count). The van der Waals surface area contributed by atoms with Crippen LogP contribution in [-0.2, 0) is 6.42 Å². The van der Waals surface area contributed by atoms with E-state index in [-0.39, 0.29) is 0 Å². The van der Waals surface area contributed by atoms with Crippen molar-refractivity contribution in [1.29, 1.82) is 0 Å². The Bertz CT molecular complexity index is 523. The Labute approximate surface area is 136 Å². The van der Waals surface area contributed by atoms with E-state index < -0.39 is 0 Å². The highest BCUT2D eigenvalue weighted by Gasteiger charge is 2.12. The molecule has 0 amide bonds. The average molecular weight is 347 g/mol. The topological polar surface area (TPSA) is 24.9 Å². The Hall–Kier alpha value is -1.19. The highest BCUT2D eigenvalue weighted by atomic mass is 79.9. The quantitative estimate of drug-likeness (QED) is 0.794. The minimum absolute atomic E-state index is 0.516. The van der Waals surface area contributed by atoms with E-state index in [1.165, 1.54) is 5.56 Å². The summed E-state index contributed by atoms with van der Waals surface area (Å²) in [6.07, 6.45) is 3.99. The molecule has 0 aliphatic heterocycles. The Morgan fingerprint density at radius 2 is 1.86 bits per heavy atom. The third-order valence-corrected chi connectivity index (χ3v) is 4.05. The molecule has 1 aromatic carbocycles. The second-order valence-electron chi connectivity index (χ2n) is 5.68. The lowest BCUT2D eigenvalue weighted by atomic mass is 9.93. The predicted molar refractivity (Wildman–Crippen MR) is 92.6 cm³/mol. The molecule has 1 N–H and O–H groups in total. The van der Waals surface area contributed by atoms with Crippen LogP contribution in [0.5, 0.6) is 0 Å². The van der Waals surface area contributed by atoms with Gasteiger partial charge in [0.05, 0.1) is 0 Å². The van der Waals surface area contributed by atoms with E-state index in [4.69, 9.17) is 0 Å². The highest BCUT2D eigenvalue weighted by molar-refractivity contribution is 9.10. The van der Waals surface area contributed by atoms with Crippen LogP contribution in [0.15, 0.2) is 53.1 Å². The highest BCUT2D eigenvalue weighted by Crippen LogP contribution is 2.21. The first kappa shape index (κ1) is 16.2. The molecule has 1 heterocycles. The zero-order valence-electron chi connectivity index (χ0n) is 12.7. The molecule has 3 heteroatoms. The predicted octanol–water partition coefficient (Wildman–Crippen LogP) is 4.56. The fourth-order valence-corrected chi connectivity index (χ4v) is 2.60. The summed E-state index contributed by atoms with van der Waals surface area (Å²) in [5, 5.41) is 3.56. The second-order valence-corrected chi connectivity index (χ2v) is 6.59. The van der Waals surface area contributed by atoms with Crippen molar-refractivity contribution in [3.63, 3.8) is 0 Å². The number of halogens is 1. The van der Waals surface area contributed by atoms with Crippen molar-refractivity contribution in [1.82, 2.24) is 10.3 Å². The van der Waals surface area contributed by atoms with Crippen molar-refractivity contribution in [2.24, 2.45) is 0 Å². The lowest BCUT2D eigenvalue weighted by molar-refractivity contribution is 0.507. The van der Waals surface area contributed by atoms with Crippen LogP contribution in [0.1, 0.15) is 37.4 Å². The van der Waals surface area contributed by atoms with Gasteiger partial charge in [0.2, 0.25) is 0 Å². The van der Waals surface area contributed by atoms with E-state index in [0.29, 0.717) is 12.0 Å². The van der Waals surface area contributed by atoms with Gasteiger partial charge in [0.1, 0.15) is 0 Å². The summed E-state index contributed by atoms with van der Waals surface area (Å²) in [6, 6.07) is 15.4. The molecule has 0 aliphatic rings. The summed E-state index contributed by atoms with van der Waals surface area (Å²) in [5.41, 5.74) is 2.56. The van der Waals surface area contributed by atoms with E-state index >= 15 is 0 Å². The molecule has 0 spiro atoms. The average Bonchev–Trinajstić information content (AvgIpc) is 2.50. The van der Waals surface area contributed by atoms with Crippen molar-refractivity contribution in [3.05, 3.63) is 64.4 Å². The number of nitrogens with one attached hydrogen (secondary N) is 1. The molecule has 0 bridgehead atoms. The standard InChI is InChI=1S/C18H23BrN2/c1-14(2)20-12-16(15-6-4-3-5-7-15)8-10-18-11-9-17(19)13-21-18/h3-7,9,11,13-14,16,20H,8,10,12H2,1-2H3. The maximum absolute atomic E-state index is 4.47. The molecule has 112 valence electrons. The summed E-state index contributed by atoms with van der Waals surface area (Å²) >= 11 is 3.43.